The Hall–Kier alpha value is -3.15. The molecular weight excluding hydrogens is 304 g/mol. The second-order valence-electron chi connectivity index (χ2n) is 5.30. The average molecular weight is 322 g/mol. The lowest BCUT2D eigenvalue weighted by Crippen LogP contribution is -2.13. The van der Waals surface area contributed by atoms with Crippen LogP contribution in [0.2, 0.25) is 0 Å². The third-order valence-electron chi connectivity index (χ3n) is 3.54. The second kappa shape index (κ2) is 7.41. The molecule has 3 aromatic rings. The highest BCUT2D eigenvalue weighted by Gasteiger charge is 2.08. The maximum atomic E-state index is 12.3. The summed E-state index contributed by atoms with van der Waals surface area (Å²) in [5.41, 5.74) is 2.30. The molecule has 6 nitrogen and oxygen atoms in total. The zero-order valence-electron chi connectivity index (χ0n) is 13.3. The lowest BCUT2D eigenvalue weighted by Gasteiger charge is -2.10. The summed E-state index contributed by atoms with van der Waals surface area (Å²) in [6, 6.07) is 14.8. The molecule has 6 heteroatoms. The summed E-state index contributed by atoms with van der Waals surface area (Å²) in [4.78, 5) is 16.2. The van der Waals surface area contributed by atoms with Gasteiger partial charge in [-0.25, -0.2) is 9.67 Å². The van der Waals surface area contributed by atoms with Gasteiger partial charge in [-0.2, -0.15) is 5.10 Å². The van der Waals surface area contributed by atoms with Crippen molar-refractivity contribution in [2.75, 3.05) is 11.9 Å². The third-order valence-corrected chi connectivity index (χ3v) is 3.54. The topological polar surface area (TPSA) is 69.0 Å². The Bertz CT molecular complexity index is 815. The Labute approximate surface area is 140 Å². The zero-order chi connectivity index (χ0) is 16.8. The molecule has 122 valence electrons. The minimum atomic E-state index is -0.132. The van der Waals surface area contributed by atoms with Gasteiger partial charge in [0.15, 0.2) is 0 Å². The van der Waals surface area contributed by atoms with Crippen molar-refractivity contribution in [2.45, 2.75) is 13.5 Å². The normalized spacial score (nSPS) is 10.4. The van der Waals surface area contributed by atoms with E-state index in [0.717, 1.165) is 5.56 Å². The van der Waals surface area contributed by atoms with Gasteiger partial charge in [0.25, 0.3) is 5.91 Å². The van der Waals surface area contributed by atoms with E-state index < -0.39 is 0 Å². The molecule has 2 aromatic carbocycles. The molecule has 1 aromatic heterocycles. The highest BCUT2D eigenvalue weighted by molar-refractivity contribution is 6.05. The minimum absolute atomic E-state index is 0.132. The van der Waals surface area contributed by atoms with Crippen LogP contribution in [0.4, 0.5) is 5.69 Å². The molecule has 1 N–H and O–H groups in total. The molecule has 0 radical (unpaired) electrons. The van der Waals surface area contributed by atoms with Crippen molar-refractivity contribution in [3.8, 4) is 5.75 Å². The number of nitrogens with one attached hydrogen (secondary N) is 1. The molecule has 0 aliphatic heterocycles. The SMILES string of the molecule is Cc1ccccc1C(=O)Nc1cccc(OCCn2cncn2)c1. The van der Waals surface area contributed by atoms with Gasteiger partial charge in [0.05, 0.1) is 6.54 Å². The van der Waals surface area contributed by atoms with Gasteiger partial charge < -0.3 is 10.1 Å². The van der Waals surface area contributed by atoms with Gasteiger partial charge in [-0.3, -0.25) is 4.79 Å². The largest absolute Gasteiger partial charge is 0.492 e. The number of aromatic nitrogens is 3. The van der Waals surface area contributed by atoms with Crippen LogP contribution in [0.1, 0.15) is 15.9 Å². The molecule has 3 rings (SSSR count). The number of hydrogen-bond donors (Lipinski definition) is 1. The molecule has 0 saturated heterocycles. The molecule has 1 heterocycles. The fraction of sp³-hybridized carbons (Fsp3) is 0.167. The Morgan fingerprint density at radius 2 is 2.08 bits per heavy atom. The molecule has 0 fully saturated rings. The van der Waals surface area contributed by atoms with Crippen molar-refractivity contribution in [3.05, 3.63) is 72.3 Å². The number of amides is 1. The highest BCUT2D eigenvalue weighted by Crippen LogP contribution is 2.19. The molecule has 0 aliphatic carbocycles. The molecule has 0 saturated carbocycles. The van der Waals surface area contributed by atoms with Crippen molar-refractivity contribution in [1.29, 1.82) is 0 Å². The number of aryl methyl sites for hydroxylation is 1. The van der Waals surface area contributed by atoms with Crippen LogP contribution in [-0.2, 0) is 6.54 Å². The second-order valence-corrected chi connectivity index (χ2v) is 5.30. The van der Waals surface area contributed by atoms with Crippen LogP contribution in [0.25, 0.3) is 0 Å². The third kappa shape index (κ3) is 3.98. The Balaban J connectivity index is 1.60. The van der Waals surface area contributed by atoms with Crippen LogP contribution in [0.5, 0.6) is 5.75 Å². The first-order valence-electron chi connectivity index (χ1n) is 7.64. The van der Waals surface area contributed by atoms with Crippen LogP contribution in [0.3, 0.4) is 0 Å². The van der Waals surface area contributed by atoms with E-state index in [1.807, 2.05) is 49.4 Å². The van der Waals surface area contributed by atoms with E-state index in [-0.39, 0.29) is 5.91 Å². The van der Waals surface area contributed by atoms with Gasteiger partial charge in [-0.05, 0) is 30.7 Å². The first-order valence-corrected chi connectivity index (χ1v) is 7.64. The lowest BCUT2D eigenvalue weighted by molar-refractivity contribution is 0.102. The lowest BCUT2D eigenvalue weighted by atomic mass is 10.1. The Morgan fingerprint density at radius 1 is 1.21 bits per heavy atom. The molecule has 0 unspecified atom stereocenters. The quantitative estimate of drug-likeness (QED) is 0.757. The summed E-state index contributed by atoms with van der Waals surface area (Å²) >= 11 is 0. The summed E-state index contributed by atoms with van der Waals surface area (Å²) in [6.07, 6.45) is 3.13. The van der Waals surface area contributed by atoms with Crippen LogP contribution in [-0.4, -0.2) is 27.3 Å². The van der Waals surface area contributed by atoms with Crippen molar-refractivity contribution >= 4 is 11.6 Å². The summed E-state index contributed by atoms with van der Waals surface area (Å²) in [7, 11) is 0. The number of anilines is 1. The van der Waals surface area contributed by atoms with E-state index in [0.29, 0.717) is 30.2 Å². The summed E-state index contributed by atoms with van der Waals surface area (Å²) in [5.74, 6) is 0.561. The van der Waals surface area contributed by atoms with E-state index in [1.165, 1.54) is 6.33 Å². The molecule has 0 atom stereocenters. The average Bonchev–Trinajstić information content (AvgIpc) is 3.09. The standard InChI is InChI=1S/C18H18N4O2/c1-14-5-2-3-8-17(14)18(23)21-15-6-4-7-16(11-15)24-10-9-22-13-19-12-20-22/h2-8,11-13H,9-10H2,1H3,(H,21,23). The monoisotopic (exact) mass is 322 g/mol. The van der Waals surface area contributed by atoms with E-state index in [9.17, 15) is 4.79 Å². The van der Waals surface area contributed by atoms with E-state index in [2.05, 4.69) is 15.4 Å². The number of carbonyl (C=O) groups excluding carboxylic acids is 1. The maximum absolute atomic E-state index is 12.3. The zero-order valence-corrected chi connectivity index (χ0v) is 13.3. The first-order chi connectivity index (χ1) is 11.7. The smallest absolute Gasteiger partial charge is 0.255 e. The number of benzene rings is 2. The van der Waals surface area contributed by atoms with Crippen LogP contribution < -0.4 is 10.1 Å². The molecule has 1 amide bonds. The molecule has 0 bridgehead atoms. The van der Waals surface area contributed by atoms with E-state index >= 15 is 0 Å². The molecule has 0 aliphatic rings. The predicted molar refractivity (Wildman–Crippen MR) is 91.1 cm³/mol. The highest BCUT2D eigenvalue weighted by atomic mass is 16.5. The fourth-order valence-electron chi connectivity index (χ4n) is 2.29. The van der Waals surface area contributed by atoms with Crippen molar-refractivity contribution in [2.24, 2.45) is 0 Å². The van der Waals surface area contributed by atoms with E-state index in [4.69, 9.17) is 4.74 Å². The number of rotatable bonds is 6. The Morgan fingerprint density at radius 3 is 2.88 bits per heavy atom. The van der Waals surface area contributed by atoms with Gasteiger partial charge in [-0.1, -0.05) is 24.3 Å². The minimum Gasteiger partial charge on any atom is -0.492 e. The fourth-order valence-corrected chi connectivity index (χ4v) is 2.29. The summed E-state index contributed by atoms with van der Waals surface area (Å²) in [6.45, 7) is 3.00. The van der Waals surface area contributed by atoms with Gasteiger partial charge in [0, 0.05) is 17.3 Å². The van der Waals surface area contributed by atoms with Crippen LogP contribution in [0, 0.1) is 6.92 Å². The molecule has 0 spiro atoms. The van der Waals surface area contributed by atoms with Gasteiger partial charge in [0.1, 0.15) is 25.0 Å². The van der Waals surface area contributed by atoms with Crippen LogP contribution >= 0.6 is 0 Å². The van der Waals surface area contributed by atoms with Crippen molar-refractivity contribution in [1.82, 2.24) is 14.8 Å². The Kier molecular flexibility index (Phi) is 4.86. The summed E-state index contributed by atoms with van der Waals surface area (Å²) < 4.78 is 7.39. The molecular formula is C18H18N4O2. The number of nitrogens with zero attached hydrogens (tertiary/aromatic N) is 3. The van der Waals surface area contributed by atoms with E-state index in [1.54, 1.807) is 17.1 Å². The molecule has 24 heavy (non-hydrogen) atoms. The van der Waals surface area contributed by atoms with Gasteiger partial charge in [0.2, 0.25) is 0 Å². The maximum Gasteiger partial charge on any atom is 0.255 e. The van der Waals surface area contributed by atoms with Crippen molar-refractivity contribution in [3.63, 3.8) is 0 Å². The number of ether oxygens (including phenoxy) is 1. The number of hydrogen-bond acceptors (Lipinski definition) is 4. The van der Waals surface area contributed by atoms with Gasteiger partial charge in [-0.15, -0.1) is 0 Å². The van der Waals surface area contributed by atoms with Crippen molar-refractivity contribution < 1.29 is 9.53 Å². The van der Waals surface area contributed by atoms with Gasteiger partial charge >= 0.3 is 0 Å². The first kappa shape index (κ1) is 15.7. The number of carbonyl (C=O) groups is 1. The summed E-state index contributed by atoms with van der Waals surface area (Å²) in [5, 5.41) is 6.91. The van der Waals surface area contributed by atoms with Crippen LogP contribution in [0.15, 0.2) is 61.2 Å². The predicted octanol–water partition coefficient (Wildman–Crippen LogP) is 2.92.